The number of methoxy groups -OCH3 is 1. The Labute approximate surface area is 165 Å². The number of hydrogen-bond acceptors (Lipinski definition) is 5. The van der Waals surface area contributed by atoms with Crippen LogP contribution in [0.5, 0.6) is 5.75 Å². The molecule has 3 aliphatic rings. The quantitative estimate of drug-likeness (QED) is 0.775. The van der Waals surface area contributed by atoms with Gasteiger partial charge in [0.25, 0.3) is 0 Å². The predicted octanol–water partition coefficient (Wildman–Crippen LogP) is 1.63. The third kappa shape index (κ3) is 3.71. The standard InChI is InChI=1S/C19H25N3O4.ClH/c1-20-9-14-10-22(17(23)12-21-7-8-26-19(21)24)11-16(14)18(20)13-3-5-15(25-2)6-4-13;/h3-6,14,16,18H,7-12H2,1-2H3;1H/t14-,16+,18+;/m0./s1. The second kappa shape index (κ2) is 7.94. The molecule has 7 nitrogen and oxygen atoms in total. The number of likely N-dealkylation sites (tertiary alicyclic amines) is 2. The van der Waals surface area contributed by atoms with Crippen LogP contribution in [0.15, 0.2) is 24.3 Å². The van der Waals surface area contributed by atoms with Crippen LogP contribution >= 0.6 is 12.4 Å². The van der Waals surface area contributed by atoms with E-state index >= 15 is 0 Å². The van der Waals surface area contributed by atoms with Gasteiger partial charge >= 0.3 is 6.09 Å². The Bertz CT molecular complexity index is 699. The summed E-state index contributed by atoms with van der Waals surface area (Å²) in [7, 11) is 3.82. The zero-order valence-electron chi connectivity index (χ0n) is 15.7. The number of fused-ring (bicyclic) bond motifs is 1. The van der Waals surface area contributed by atoms with Gasteiger partial charge < -0.3 is 14.4 Å². The lowest BCUT2D eigenvalue weighted by Gasteiger charge is -2.27. The van der Waals surface area contributed by atoms with Gasteiger partial charge in [0.2, 0.25) is 5.91 Å². The second-order valence-electron chi connectivity index (χ2n) is 7.42. The molecule has 3 saturated heterocycles. The largest absolute Gasteiger partial charge is 0.497 e. The van der Waals surface area contributed by atoms with Crippen LogP contribution in [0.25, 0.3) is 0 Å². The van der Waals surface area contributed by atoms with E-state index in [-0.39, 0.29) is 31.0 Å². The molecule has 3 atom stereocenters. The highest BCUT2D eigenvalue weighted by Crippen LogP contribution is 2.44. The van der Waals surface area contributed by atoms with Crippen molar-refractivity contribution >= 4 is 24.4 Å². The fourth-order valence-corrected chi connectivity index (χ4v) is 4.60. The average Bonchev–Trinajstić information content (AvgIpc) is 3.30. The van der Waals surface area contributed by atoms with Crippen molar-refractivity contribution in [2.45, 2.75) is 6.04 Å². The van der Waals surface area contributed by atoms with Crippen LogP contribution in [0.4, 0.5) is 4.79 Å². The summed E-state index contributed by atoms with van der Waals surface area (Å²) in [4.78, 5) is 30.0. The molecule has 1 aromatic rings. The number of carbonyl (C=O) groups excluding carboxylic acids is 2. The Morgan fingerprint density at radius 2 is 1.96 bits per heavy atom. The Balaban J connectivity index is 0.00000210. The van der Waals surface area contributed by atoms with Gasteiger partial charge in [-0.3, -0.25) is 14.6 Å². The summed E-state index contributed by atoms with van der Waals surface area (Å²) in [5.41, 5.74) is 1.26. The van der Waals surface area contributed by atoms with Crippen molar-refractivity contribution < 1.29 is 19.1 Å². The van der Waals surface area contributed by atoms with Gasteiger partial charge in [-0.2, -0.15) is 0 Å². The van der Waals surface area contributed by atoms with Crippen LogP contribution in [0, 0.1) is 11.8 Å². The summed E-state index contributed by atoms with van der Waals surface area (Å²) in [5.74, 6) is 1.77. The van der Waals surface area contributed by atoms with E-state index < -0.39 is 0 Å². The van der Waals surface area contributed by atoms with Crippen LogP contribution in [0.2, 0.25) is 0 Å². The first-order valence-corrected chi connectivity index (χ1v) is 9.10. The molecule has 0 saturated carbocycles. The number of hydrogen-bond donors (Lipinski definition) is 0. The van der Waals surface area contributed by atoms with Gasteiger partial charge in [-0.25, -0.2) is 4.79 Å². The molecule has 3 fully saturated rings. The normalized spacial score (nSPS) is 27.3. The van der Waals surface area contributed by atoms with Crippen LogP contribution in [-0.2, 0) is 9.53 Å². The third-order valence-corrected chi connectivity index (χ3v) is 5.88. The fourth-order valence-electron chi connectivity index (χ4n) is 4.60. The smallest absolute Gasteiger partial charge is 0.410 e. The Morgan fingerprint density at radius 3 is 2.59 bits per heavy atom. The molecule has 8 heteroatoms. The summed E-state index contributed by atoms with van der Waals surface area (Å²) < 4.78 is 10.2. The van der Waals surface area contributed by atoms with Crippen molar-refractivity contribution in [3.05, 3.63) is 29.8 Å². The van der Waals surface area contributed by atoms with E-state index in [1.807, 2.05) is 17.0 Å². The Morgan fingerprint density at radius 1 is 1.22 bits per heavy atom. The maximum Gasteiger partial charge on any atom is 0.410 e. The van der Waals surface area contributed by atoms with Gasteiger partial charge in [-0.1, -0.05) is 12.1 Å². The van der Waals surface area contributed by atoms with Crippen LogP contribution in [-0.4, -0.2) is 80.2 Å². The summed E-state index contributed by atoms with van der Waals surface area (Å²) in [6, 6.07) is 8.53. The van der Waals surface area contributed by atoms with E-state index in [4.69, 9.17) is 9.47 Å². The fraction of sp³-hybridized carbons (Fsp3) is 0.579. The molecule has 0 radical (unpaired) electrons. The number of nitrogens with zero attached hydrogens (tertiary/aromatic N) is 3. The number of benzene rings is 1. The second-order valence-corrected chi connectivity index (χ2v) is 7.42. The highest BCUT2D eigenvalue weighted by molar-refractivity contribution is 5.85. The number of ether oxygens (including phenoxy) is 2. The number of halogens is 1. The first-order valence-electron chi connectivity index (χ1n) is 9.10. The van der Waals surface area contributed by atoms with Crippen molar-refractivity contribution in [3.63, 3.8) is 0 Å². The molecule has 0 aliphatic carbocycles. The van der Waals surface area contributed by atoms with E-state index in [9.17, 15) is 9.59 Å². The number of amides is 2. The van der Waals surface area contributed by atoms with E-state index in [0.717, 1.165) is 25.4 Å². The molecule has 0 N–H and O–H groups in total. The van der Waals surface area contributed by atoms with Crippen molar-refractivity contribution in [1.82, 2.24) is 14.7 Å². The van der Waals surface area contributed by atoms with Crippen molar-refractivity contribution in [1.29, 1.82) is 0 Å². The van der Waals surface area contributed by atoms with E-state index in [1.54, 1.807) is 7.11 Å². The lowest BCUT2D eigenvalue weighted by atomic mass is 9.89. The summed E-state index contributed by atoms with van der Waals surface area (Å²) in [6.07, 6.45) is -0.381. The van der Waals surface area contributed by atoms with Gasteiger partial charge in [0, 0.05) is 31.6 Å². The van der Waals surface area contributed by atoms with Crippen LogP contribution < -0.4 is 4.74 Å². The Kier molecular flexibility index (Phi) is 5.81. The first kappa shape index (κ1) is 19.8. The lowest BCUT2D eigenvalue weighted by molar-refractivity contribution is -0.131. The van der Waals surface area contributed by atoms with Gasteiger partial charge in [-0.15, -0.1) is 12.4 Å². The highest BCUT2D eigenvalue weighted by atomic mass is 35.5. The minimum atomic E-state index is -0.381. The predicted molar refractivity (Wildman–Crippen MR) is 102 cm³/mol. The van der Waals surface area contributed by atoms with Gasteiger partial charge in [-0.05, 0) is 30.7 Å². The molecule has 0 unspecified atom stereocenters. The van der Waals surface area contributed by atoms with Crippen molar-refractivity contribution in [2.24, 2.45) is 11.8 Å². The van der Waals surface area contributed by atoms with Crippen molar-refractivity contribution in [2.75, 3.05) is 53.5 Å². The van der Waals surface area contributed by atoms with Crippen molar-refractivity contribution in [3.8, 4) is 5.75 Å². The van der Waals surface area contributed by atoms with E-state index in [1.165, 1.54) is 10.5 Å². The molecule has 27 heavy (non-hydrogen) atoms. The molecule has 0 aromatic heterocycles. The van der Waals surface area contributed by atoms with E-state index in [0.29, 0.717) is 31.0 Å². The van der Waals surface area contributed by atoms with Gasteiger partial charge in [0.1, 0.15) is 18.9 Å². The lowest BCUT2D eigenvalue weighted by Crippen LogP contribution is -2.41. The zero-order chi connectivity index (χ0) is 18.3. The molecule has 0 spiro atoms. The summed E-state index contributed by atoms with van der Waals surface area (Å²) >= 11 is 0. The molecule has 3 heterocycles. The molecule has 0 bridgehead atoms. The average molecular weight is 396 g/mol. The molecule has 1 aromatic carbocycles. The third-order valence-electron chi connectivity index (χ3n) is 5.88. The molecule has 3 aliphatic heterocycles. The first-order chi connectivity index (χ1) is 12.6. The Hall–Kier alpha value is -1.99. The molecule has 2 amide bonds. The number of cyclic esters (lactones) is 1. The van der Waals surface area contributed by atoms with Gasteiger partial charge in [0.15, 0.2) is 0 Å². The number of carbonyl (C=O) groups is 2. The SMILES string of the molecule is COc1ccc([C@@H]2[C@@H]3CN(C(=O)CN4CCOC4=O)C[C@@H]3CN2C)cc1.Cl. The minimum Gasteiger partial charge on any atom is -0.497 e. The summed E-state index contributed by atoms with van der Waals surface area (Å²) in [6.45, 7) is 3.50. The van der Waals surface area contributed by atoms with Crippen LogP contribution in [0.1, 0.15) is 11.6 Å². The maximum absolute atomic E-state index is 12.6. The minimum absolute atomic E-state index is 0. The number of rotatable bonds is 4. The molecule has 4 rings (SSSR count). The van der Waals surface area contributed by atoms with Gasteiger partial charge in [0.05, 0.1) is 13.7 Å². The monoisotopic (exact) mass is 395 g/mol. The highest BCUT2D eigenvalue weighted by Gasteiger charge is 2.47. The topological polar surface area (TPSA) is 62.3 Å². The molecular weight excluding hydrogens is 370 g/mol. The van der Waals surface area contributed by atoms with Crippen LogP contribution in [0.3, 0.4) is 0 Å². The molecule has 148 valence electrons. The zero-order valence-corrected chi connectivity index (χ0v) is 16.5. The maximum atomic E-state index is 12.6. The summed E-state index contributed by atoms with van der Waals surface area (Å²) in [5, 5.41) is 0. The van der Waals surface area contributed by atoms with E-state index in [2.05, 4.69) is 24.1 Å². The molecular formula is C19H26ClN3O4.